The molecule has 1 aromatic heterocycles. The van der Waals surface area contributed by atoms with Crippen molar-refractivity contribution in [1.29, 1.82) is 5.26 Å². The Morgan fingerprint density at radius 1 is 1.32 bits per heavy atom. The highest BCUT2D eigenvalue weighted by Gasteiger charge is 2.24. The lowest BCUT2D eigenvalue weighted by molar-refractivity contribution is 0.414. The Balaban J connectivity index is 2.20. The van der Waals surface area contributed by atoms with Gasteiger partial charge in [0.05, 0.1) is 18.5 Å². The van der Waals surface area contributed by atoms with Gasteiger partial charge in [-0.3, -0.25) is 9.48 Å². The Bertz CT molecular complexity index is 717. The third-order valence-corrected chi connectivity index (χ3v) is 3.46. The zero-order valence-corrected chi connectivity index (χ0v) is 10.6. The van der Waals surface area contributed by atoms with Crippen molar-refractivity contribution in [3.05, 3.63) is 45.9 Å². The summed E-state index contributed by atoms with van der Waals surface area (Å²) in [6.07, 6.45) is 1.77. The number of benzene rings is 1. The molecule has 0 bridgehead atoms. The summed E-state index contributed by atoms with van der Waals surface area (Å²) in [5.74, 6) is 0.741. The average Bonchev–Trinajstić information content (AvgIpc) is 2.98. The lowest BCUT2D eigenvalue weighted by Gasteiger charge is -2.09. The largest absolute Gasteiger partial charge is 0.497 e. The van der Waals surface area contributed by atoms with E-state index in [2.05, 4.69) is 0 Å². The van der Waals surface area contributed by atoms with Crippen molar-refractivity contribution in [3.63, 3.8) is 0 Å². The number of hydrogen-bond donors (Lipinski definition) is 0. The van der Waals surface area contributed by atoms with Gasteiger partial charge in [0.1, 0.15) is 17.4 Å². The van der Waals surface area contributed by atoms with Gasteiger partial charge in [-0.1, -0.05) is 0 Å². The van der Waals surface area contributed by atoms with Crippen LogP contribution in [0.5, 0.6) is 5.75 Å². The van der Waals surface area contributed by atoms with Crippen LogP contribution in [0, 0.1) is 11.3 Å². The van der Waals surface area contributed by atoms with Gasteiger partial charge in [-0.2, -0.15) is 5.26 Å². The van der Waals surface area contributed by atoms with Crippen molar-refractivity contribution in [1.82, 2.24) is 9.36 Å². The Labute approximate surface area is 110 Å². The van der Waals surface area contributed by atoms with E-state index in [1.54, 1.807) is 11.8 Å². The molecular weight excluding hydrogens is 242 g/mol. The quantitative estimate of drug-likeness (QED) is 0.816. The van der Waals surface area contributed by atoms with Crippen molar-refractivity contribution in [2.45, 2.75) is 19.4 Å². The highest BCUT2D eigenvalue weighted by atomic mass is 16.5. The van der Waals surface area contributed by atoms with Gasteiger partial charge in [0.2, 0.25) is 0 Å². The van der Waals surface area contributed by atoms with Crippen LogP contribution in [0.1, 0.15) is 17.7 Å². The third-order valence-electron chi connectivity index (χ3n) is 3.46. The number of nitrogens with zero attached hydrogens (tertiary/aromatic N) is 3. The maximum Gasteiger partial charge on any atom is 0.289 e. The number of hydrogen-bond acceptors (Lipinski definition) is 3. The van der Waals surface area contributed by atoms with E-state index in [1.165, 1.54) is 0 Å². The summed E-state index contributed by atoms with van der Waals surface area (Å²) in [5.41, 5.74) is 1.65. The predicted octanol–water partition coefficient (Wildman–Crippen LogP) is 1.47. The van der Waals surface area contributed by atoms with Crippen molar-refractivity contribution >= 4 is 0 Å². The molecular formula is C14H13N3O2. The molecule has 5 heteroatoms. The third kappa shape index (κ3) is 1.65. The van der Waals surface area contributed by atoms with Crippen LogP contribution in [-0.4, -0.2) is 16.5 Å². The van der Waals surface area contributed by atoms with Gasteiger partial charge in [-0.25, -0.2) is 4.68 Å². The van der Waals surface area contributed by atoms with Crippen LogP contribution in [0.25, 0.3) is 5.69 Å². The molecule has 19 heavy (non-hydrogen) atoms. The number of nitriles is 1. The van der Waals surface area contributed by atoms with Crippen molar-refractivity contribution in [2.24, 2.45) is 0 Å². The van der Waals surface area contributed by atoms with Gasteiger partial charge >= 0.3 is 0 Å². The topological polar surface area (TPSA) is 59.9 Å². The first kappa shape index (κ1) is 11.6. The lowest BCUT2D eigenvalue weighted by atomic mass is 10.2. The van der Waals surface area contributed by atoms with Crippen molar-refractivity contribution in [2.75, 3.05) is 7.11 Å². The van der Waals surface area contributed by atoms with Crippen LogP contribution < -0.4 is 10.3 Å². The molecule has 96 valence electrons. The number of fused-ring (bicyclic) bond motifs is 1. The maximum absolute atomic E-state index is 12.3. The van der Waals surface area contributed by atoms with Crippen LogP contribution in [-0.2, 0) is 13.0 Å². The molecule has 1 aliphatic rings. The molecule has 1 aliphatic heterocycles. The second kappa shape index (κ2) is 4.32. The van der Waals surface area contributed by atoms with E-state index in [0.717, 1.165) is 36.5 Å². The highest BCUT2D eigenvalue weighted by molar-refractivity contribution is 5.41. The zero-order valence-electron chi connectivity index (χ0n) is 10.6. The minimum atomic E-state index is -0.234. The molecule has 0 saturated carbocycles. The number of aromatic nitrogens is 2. The molecule has 1 aromatic carbocycles. The predicted molar refractivity (Wildman–Crippen MR) is 69.6 cm³/mol. The van der Waals surface area contributed by atoms with Crippen LogP contribution in [0.4, 0.5) is 0 Å². The van der Waals surface area contributed by atoms with Crippen LogP contribution >= 0.6 is 0 Å². The molecule has 0 spiro atoms. The first-order chi connectivity index (χ1) is 9.26. The molecule has 2 heterocycles. The van der Waals surface area contributed by atoms with E-state index in [9.17, 15) is 4.79 Å². The summed E-state index contributed by atoms with van der Waals surface area (Å²) in [4.78, 5) is 12.3. The van der Waals surface area contributed by atoms with Crippen LogP contribution in [0.3, 0.4) is 0 Å². The SMILES string of the molecule is COc1ccc(-n2c(=O)c(C#N)c3n2CCC3)cc1. The second-order valence-corrected chi connectivity index (χ2v) is 4.48. The highest BCUT2D eigenvalue weighted by Crippen LogP contribution is 2.21. The molecule has 0 aliphatic carbocycles. The molecule has 0 atom stereocenters. The monoisotopic (exact) mass is 255 g/mol. The van der Waals surface area contributed by atoms with Crippen molar-refractivity contribution in [3.8, 4) is 17.5 Å². The number of rotatable bonds is 2. The van der Waals surface area contributed by atoms with Gasteiger partial charge in [0.25, 0.3) is 5.56 Å². The van der Waals surface area contributed by atoms with E-state index in [4.69, 9.17) is 10.00 Å². The Kier molecular flexibility index (Phi) is 2.64. The lowest BCUT2D eigenvalue weighted by Crippen LogP contribution is -2.21. The maximum atomic E-state index is 12.3. The fourth-order valence-corrected chi connectivity index (χ4v) is 2.57. The van der Waals surface area contributed by atoms with E-state index >= 15 is 0 Å². The standard InChI is InChI=1S/C14H13N3O2/c1-19-11-6-4-10(5-7-11)17-14(18)12(9-15)13-3-2-8-16(13)17/h4-7H,2-3,8H2,1H3. The number of ether oxygens (including phenoxy) is 1. The average molecular weight is 255 g/mol. The first-order valence-corrected chi connectivity index (χ1v) is 6.15. The molecule has 0 radical (unpaired) electrons. The van der Waals surface area contributed by atoms with E-state index in [-0.39, 0.29) is 11.1 Å². The minimum absolute atomic E-state index is 0.234. The second-order valence-electron chi connectivity index (χ2n) is 4.48. The molecule has 5 nitrogen and oxygen atoms in total. The molecule has 2 aromatic rings. The smallest absolute Gasteiger partial charge is 0.289 e. The van der Waals surface area contributed by atoms with E-state index in [0.29, 0.717) is 0 Å². The Morgan fingerprint density at radius 2 is 2.05 bits per heavy atom. The minimum Gasteiger partial charge on any atom is -0.497 e. The summed E-state index contributed by atoms with van der Waals surface area (Å²) >= 11 is 0. The van der Waals surface area contributed by atoms with Crippen LogP contribution in [0.2, 0.25) is 0 Å². The molecule has 0 N–H and O–H groups in total. The van der Waals surface area contributed by atoms with Crippen molar-refractivity contribution < 1.29 is 4.74 Å². The molecule has 3 rings (SSSR count). The van der Waals surface area contributed by atoms with Crippen LogP contribution in [0.15, 0.2) is 29.1 Å². The van der Waals surface area contributed by atoms with Gasteiger partial charge in [-0.15, -0.1) is 0 Å². The Morgan fingerprint density at radius 3 is 2.68 bits per heavy atom. The normalized spacial score (nSPS) is 13.1. The summed E-state index contributed by atoms with van der Waals surface area (Å²) in [5, 5.41) is 9.13. The molecule has 0 unspecified atom stereocenters. The molecule has 0 fully saturated rings. The molecule has 0 saturated heterocycles. The summed E-state index contributed by atoms with van der Waals surface area (Å²) in [6, 6.07) is 9.30. The van der Waals surface area contributed by atoms with Gasteiger partial charge in [0, 0.05) is 6.54 Å². The summed E-state index contributed by atoms with van der Waals surface area (Å²) < 4.78 is 8.60. The first-order valence-electron chi connectivity index (χ1n) is 6.15. The number of methoxy groups -OCH3 is 1. The fraction of sp³-hybridized carbons (Fsp3) is 0.286. The van der Waals surface area contributed by atoms with E-state index < -0.39 is 0 Å². The fourth-order valence-electron chi connectivity index (χ4n) is 2.57. The van der Waals surface area contributed by atoms with Gasteiger partial charge in [-0.05, 0) is 37.1 Å². The summed E-state index contributed by atoms with van der Waals surface area (Å²) in [6.45, 7) is 0.776. The molecule has 0 amide bonds. The van der Waals surface area contributed by atoms with Gasteiger partial charge in [0.15, 0.2) is 0 Å². The zero-order chi connectivity index (χ0) is 13.4. The van der Waals surface area contributed by atoms with Gasteiger partial charge < -0.3 is 4.74 Å². The summed E-state index contributed by atoms with van der Waals surface area (Å²) in [7, 11) is 1.60. The van der Waals surface area contributed by atoms with E-state index in [1.807, 2.05) is 35.0 Å². The Hall–Kier alpha value is -2.48.